The maximum absolute atomic E-state index is 11.3. The monoisotopic (exact) mass is 576 g/mol. The fourth-order valence-electron chi connectivity index (χ4n) is 3.04. The molecule has 0 fully saturated rings. The van der Waals surface area contributed by atoms with Crippen LogP contribution in [0.25, 0.3) is 0 Å². The van der Waals surface area contributed by atoms with Gasteiger partial charge in [0.25, 0.3) is 5.69 Å². The molecule has 3 aromatic carbocycles. The lowest BCUT2D eigenvalue weighted by atomic mass is 10.1. The van der Waals surface area contributed by atoms with E-state index in [1.165, 1.54) is 18.3 Å². The molecule has 0 heterocycles. The molecule has 0 aliphatic carbocycles. The Balaban J connectivity index is 1.81. The number of rotatable bonds is 10. The number of benzene rings is 3. The van der Waals surface area contributed by atoms with Crippen molar-refractivity contribution in [3.8, 4) is 11.5 Å². The molecule has 10 nitrogen and oxygen atoms in total. The summed E-state index contributed by atoms with van der Waals surface area (Å²) in [6.45, 7) is 4.72. The highest BCUT2D eigenvalue weighted by atomic mass is 127. The summed E-state index contributed by atoms with van der Waals surface area (Å²) in [5, 5.41) is 26.2. The van der Waals surface area contributed by atoms with Gasteiger partial charge in [-0.1, -0.05) is 24.3 Å². The molecule has 1 N–H and O–H groups in total. The molecule has 0 bridgehead atoms. The maximum atomic E-state index is 11.3. The summed E-state index contributed by atoms with van der Waals surface area (Å²) in [6.07, 6.45) is 1.47. The molecule has 0 saturated heterocycles. The number of nitrogens with zero attached hydrogens (tertiary/aromatic N) is 3. The van der Waals surface area contributed by atoms with Crippen LogP contribution in [0.1, 0.15) is 23.6 Å². The van der Waals surface area contributed by atoms with Crippen LogP contribution in [-0.2, 0) is 6.61 Å². The maximum Gasteiger partial charge on any atom is 0.301 e. The van der Waals surface area contributed by atoms with Crippen molar-refractivity contribution in [1.82, 2.24) is 0 Å². The molecule has 176 valence electrons. The fraction of sp³-hybridized carbons (Fsp3) is 0.174. The summed E-state index contributed by atoms with van der Waals surface area (Å²) in [6, 6.07) is 14.9. The van der Waals surface area contributed by atoms with E-state index in [9.17, 15) is 20.2 Å². The minimum absolute atomic E-state index is 0.0322. The Labute approximate surface area is 209 Å². The summed E-state index contributed by atoms with van der Waals surface area (Å²) < 4.78 is 12.6. The fourth-order valence-corrected chi connectivity index (χ4v) is 3.82. The molecule has 34 heavy (non-hydrogen) atoms. The van der Waals surface area contributed by atoms with Crippen molar-refractivity contribution in [2.45, 2.75) is 20.5 Å². The van der Waals surface area contributed by atoms with E-state index >= 15 is 0 Å². The van der Waals surface area contributed by atoms with Gasteiger partial charge in [-0.05, 0) is 71.3 Å². The third-order valence-electron chi connectivity index (χ3n) is 4.75. The number of hydrazone groups is 1. The van der Waals surface area contributed by atoms with Crippen molar-refractivity contribution in [3.63, 3.8) is 0 Å². The van der Waals surface area contributed by atoms with Crippen molar-refractivity contribution < 1.29 is 19.3 Å². The van der Waals surface area contributed by atoms with Crippen molar-refractivity contribution in [2.75, 3.05) is 12.0 Å². The van der Waals surface area contributed by atoms with E-state index in [2.05, 4.69) is 33.1 Å². The second-order valence-electron chi connectivity index (χ2n) is 7.06. The highest BCUT2D eigenvalue weighted by Crippen LogP contribution is 2.35. The molecular formula is C23H21IN4O6. The van der Waals surface area contributed by atoms with Gasteiger partial charge in [0.15, 0.2) is 11.5 Å². The number of ether oxygens (including phenoxy) is 2. The zero-order valence-corrected chi connectivity index (χ0v) is 20.5. The van der Waals surface area contributed by atoms with Gasteiger partial charge in [0, 0.05) is 6.07 Å². The Hall–Kier alpha value is -3.74. The molecule has 0 aliphatic heterocycles. The Bertz CT molecular complexity index is 1250. The van der Waals surface area contributed by atoms with Crippen molar-refractivity contribution in [3.05, 3.63) is 95.1 Å². The van der Waals surface area contributed by atoms with E-state index in [0.717, 1.165) is 20.8 Å². The van der Waals surface area contributed by atoms with Gasteiger partial charge in [-0.3, -0.25) is 25.7 Å². The Kier molecular flexibility index (Phi) is 8.35. The van der Waals surface area contributed by atoms with Gasteiger partial charge in [-0.15, -0.1) is 0 Å². The van der Waals surface area contributed by atoms with E-state index in [-0.39, 0.29) is 11.4 Å². The largest absolute Gasteiger partial charge is 0.490 e. The first-order valence-electron chi connectivity index (χ1n) is 10.2. The van der Waals surface area contributed by atoms with E-state index in [0.29, 0.717) is 30.3 Å². The molecule has 3 aromatic rings. The van der Waals surface area contributed by atoms with Crippen LogP contribution in [0.2, 0.25) is 0 Å². The number of halogens is 1. The van der Waals surface area contributed by atoms with Crippen LogP contribution in [0.5, 0.6) is 11.5 Å². The number of hydrogen-bond acceptors (Lipinski definition) is 8. The third kappa shape index (κ3) is 6.19. The average Bonchev–Trinajstić information content (AvgIpc) is 2.79. The second kappa shape index (κ2) is 11.4. The first kappa shape index (κ1) is 24.9. The molecule has 0 saturated carbocycles. The number of nitro groups is 2. The molecule has 11 heteroatoms. The van der Waals surface area contributed by atoms with E-state index in [1.54, 1.807) is 6.07 Å². The van der Waals surface area contributed by atoms with Gasteiger partial charge < -0.3 is 9.47 Å². The zero-order valence-electron chi connectivity index (χ0n) is 18.4. The predicted octanol–water partition coefficient (Wildman–Crippen LogP) is 5.84. The van der Waals surface area contributed by atoms with Gasteiger partial charge in [0.05, 0.1) is 32.3 Å². The molecule has 0 unspecified atom stereocenters. The summed E-state index contributed by atoms with van der Waals surface area (Å²) in [4.78, 5) is 20.8. The number of aryl methyl sites for hydroxylation is 1. The van der Waals surface area contributed by atoms with Crippen LogP contribution in [0.15, 0.2) is 59.7 Å². The average molecular weight is 576 g/mol. The van der Waals surface area contributed by atoms with Gasteiger partial charge >= 0.3 is 5.69 Å². The van der Waals surface area contributed by atoms with Crippen LogP contribution in [-0.4, -0.2) is 22.7 Å². The minimum Gasteiger partial charge on any atom is -0.490 e. The van der Waals surface area contributed by atoms with Crippen LogP contribution in [0.3, 0.4) is 0 Å². The highest BCUT2D eigenvalue weighted by molar-refractivity contribution is 14.1. The number of anilines is 1. The molecule has 3 rings (SSSR count). The van der Waals surface area contributed by atoms with Gasteiger partial charge in [-0.25, -0.2) is 0 Å². The van der Waals surface area contributed by atoms with Crippen LogP contribution in [0.4, 0.5) is 17.1 Å². The second-order valence-corrected chi connectivity index (χ2v) is 8.23. The van der Waals surface area contributed by atoms with Crippen molar-refractivity contribution >= 4 is 45.9 Å². The molecular weight excluding hydrogens is 555 g/mol. The summed E-state index contributed by atoms with van der Waals surface area (Å²) >= 11 is 2.15. The Morgan fingerprint density at radius 1 is 1.06 bits per heavy atom. The lowest BCUT2D eigenvalue weighted by molar-refractivity contribution is -0.393. The SMILES string of the molecule is CCOc1cc(/C=N\Nc2ccc([N+](=O)[O-])cc2[N+](=O)[O-])cc(I)c1OCc1ccccc1C. The third-order valence-corrected chi connectivity index (χ3v) is 5.55. The van der Waals surface area contributed by atoms with E-state index in [4.69, 9.17) is 9.47 Å². The normalized spacial score (nSPS) is 10.8. The number of non-ortho nitro benzene ring substituents is 1. The number of hydrogen-bond donors (Lipinski definition) is 1. The summed E-state index contributed by atoms with van der Waals surface area (Å²) in [7, 11) is 0. The van der Waals surface area contributed by atoms with Gasteiger partial charge in [-0.2, -0.15) is 5.10 Å². The highest BCUT2D eigenvalue weighted by Gasteiger charge is 2.19. The number of nitrogens with one attached hydrogen (secondary N) is 1. The Morgan fingerprint density at radius 3 is 2.50 bits per heavy atom. The molecule has 0 radical (unpaired) electrons. The van der Waals surface area contributed by atoms with E-state index in [1.807, 2.05) is 44.2 Å². The van der Waals surface area contributed by atoms with Crippen LogP contribution < -0.4 is 14.9 Å². The number of nitro benzene ring substituents is 2. The topological polar surface area (TPSA) is 129 Å². The predicted molar refractivity (Wildman–Crippen MR) is 137 cm³/mol. The molecule has 0 amide bonds. The lowest BCUT2D eigenvalue weighted by Crippen LogP contribution is -2.04. The lowest BCUT2D eigenvalue weighted by Gasteiger charge is -2.15. The molecule has 0 spiro atoms. The van der Waals surface area contributed by atoms with Crippen LogP contribution in [0, 0.1) is 30.7 Å². The zero-order chi connectivity index (χ0) is 24.7. The Morgan fingerprint density at radius 2 is 1.82 bits per heavy atom. The van der Waals surface area contributed by atoms with Crippen molar-refractivity contribution in [2.24, 2.45) is 5.10 Å². The molecule has 0 atom stereocenters. The first-order chi connectivity index (χ1) is 16.3. The quantitative estimate of drug-likeness (QED) is 0.139. The smallest absolute Gasteiger partial charge is 0.301 e. The molecule has 0 aliphatic rings. The standard InChI is InChI=1S/C23H21IN4O6/c1-3-33-22-11-16(10-19(24)23(22)34-14-17-7-5-4-6-15(17)2)13-25-26-20-9-8-18(27(29)30)12-21(20)28(31)32/h4-13,26H,3,14H2,1-2H3/b25-13-. The van der Waals surface area contributed by atoms with Crippen LogP contribution >= 0.6 is 22.6 Å². The van der Waals surface area contributed by atoms with Gasteiger partial charge in [0.2, 0.25) is 0 Å². The minimum atomic E-state index is -0.707. The first-order valence-corrected chi connectivity index (χ1v) is 11.2. The van der Waals surface area contributed by atoms with Crippen molar-refractivity contribution in [1.29, 1.82) is 0 Å². The van der Waals surface area contributed by atoms with E-state index < -0.39 is 15.5 Å². The summed E-state index contributed by atoms with van der Waals surface area (Å²) in [5.41, 5.74) is 4.66. The van der Waals surface area contributed by atoms with Gasteiger partial charge in [0.1, 0.15) is 12.3 Å². The molecule has 0 aromatic heterocycles. The summed E-state index contributed by atoms with van der Waals surface area (Å²) in [5.74, 6) is 1.16.